The Balaban J connectivity index is 2.53. The Morgan fingerprint density at radius 2 is 2.25 bits per heavy atom. The highest BCUT2D eigenvalue weighted by molar-refractivity contribution is 5.44. The molecule has 1 heterocycles. The molecule has 4 nitrogen and oxygen atoms in total. The lowest BCUT2D eigenvalue weighted by atomic mass is 10.2. The van der Waals surface area contributed by atoms with Crippen molar-refractivity contribution < 1.29 is 4.39 Å². The molecule has 0 fully saturated rings. The van der Waals surface area contributed by atoms with Crippen molar-refractivity contribution in [2.75, 3.05) is 5.73 Å². The zero-order valence-electron chi connectivity index (χ0n) is 8.61. The van der Waals surface area contributed by atoms with Gasteiger partial charge in [0.25, 0.3) is 0 Å². The van der Waals surface area contributed by atoms with Gasteiger partial charge in [-0.1, -0.05) is 0 Å². The molecular formula is C11H9FN4. The van der Waals surface area contributed by atoms with E-state index in [0.29, 0.717) is 5.82 Å². The summed E-state index contributed by atoms with van der Waals surface area (Å²) >= 11 is 0. The summed E-state index contributed by atoms with van der Waals surface area (Å²) in [6.07, 6.45) is 1.64. The fourth-order valence-electron chi connectivity index (χ4n) is 1.36. The monoisotopic (exact) mass is 216 g/mol. The van der Waals surface area contributed by atoms with Crippen LogP contribution in [0.5, 0.6) is 0 Å². The Morgan fingerprint density at radius 3 is 2.75 bits per heavy atom. The maximum Gasteiger partial charge on any atom is 0.150 e. The highest BCUT2D eigenvalue weighted by Crippen LogP contribution is 2.17. The highest BCUT2D eigenvalue weighted by atomic mass is 19.1. The van der Waals surface area contributed by atoms with Gasteiger partial charge in [0, 0.05) is 11.8 Å². The van der Waals surface area contributed by atoms with E-state index in [1.807, 2.05) is 6.07 Å². The molecule has 1 aromatic carbocycles. The summed E-state index contributed by atoms with van der Waals surface area (Å²) < 4.78 is 15.0. The molecular weight excluding hydrogens is 207 g/mol. The molecule has 2 N–H and O–H groups in total. The molecule has 0 atom stereocenters. The number of anilines is 1. The second-order valence-corrected chi connectivity index (χ2v) is 3.42. The molecule has 5 heteroatoms. The zero-order chi connectivity index (χ0) is 11.7. The standard InChI is InChI=1S/C11H9FN4/c1-7-6-16(15-11(7)14)10-3-2-8(5-13)4-9(10)12/h2-4,6H,1H3,(H2,14,15). The van der Waals surface area contributed by atoms with Crippen LogP contribution >= 0.6 is 0 Å². The van der Waals surface area contributed by atoms with Crippen LogP contribution in [0.25, 0.3) is 5.69 Å². The van der Waals surface area contributed by atoms with Crippen LogP contribution < -0.4 is 5.73 Å². The SMILES string of the molecule is Cc1cn(-c2ccc(C#N)cc2F)nc1N. The molecule has 0 aliphatic carbocycles. The molecule has 0 saturated carbocycles. The number of nitrogen functional groups attached to an aromatic ring is 1. The molecule has 1 aromatic heterocycles. The van der Waals surface area contributed by atoms with Crippen LogP contribution in [0.4, 0.5) is 10.2 Å². The van der Waals surface area contributed by atoms with Crippen molar-refractivity contribution in [3.63, 3.8) is 0 Å². The van der Waals surface area contributed by atoms with Crippen LogP contribution in [0.3, 0.4) is 0 Å². The number of halogens is 1. The minimum Gasteiger partial charge on any atom is -0.382 e. The molecule has 0 radical (unpaired) electrons. The van der Waals surface area contributed by atoms with Gasteiger partial charge in [-0.15, -0.1) is 0 Å². The molecule has 16 heavy (non-hydrogen) atoms. The Kier molecular flexibility index (Phi) is 2.33. The highest BCUT2D eigenvalue weighted by Gasteiger charge is 2.08. The molecule has 0 spiro atoms. The first-order valence-corrected chi connectivity index (χ1v) is 4.63. The van der Waals surface area contributed by atoms with Crippen LogP contribution in [0.2, 0.25) is 0 Å². The molecule has 0 amide bonds. The minimum absolute atomic E-state index is 0.276. The smallest absolute Gasteiger partial charge is 0.150 e. The number of nitriles is 1. The molecule has 0 unspecified atom stereocenters. The third-order valence-corrected chi connectivity index (χ3v) is 2.26. The number of hydrogen-bond donors (Lipinski definition) is 1. The van der Waals surface area contributed by atoms with Crippen molar-refractivity contribution in [2.45, 2.75) is 6.92 Å². The van der Waals surface area contributed by atoms with Gasteiger partial charge in [-0.25, -0.2) is 9.07 Å². The van der Waals surface area contributed by atoms with E-state index in [9.17, 15) is 4.39 Å². The number of aromatic nitrogens is 2. The predicted octanol–water partition coefficient (Wildman–Crippen LogP) is 1.77. The van der Waals surface area contributed by atoms with Gasteiger partial charge in [0.2, 0.25) is 0 Å². The Bertz CT molecular complexity index is 561. The summed E-state index contributed by atoms with van der Waals surface area (Å²) in [4.78, 5) is 0. The first kappa shape index (κ1) is 10.2. The maximum atomic E-state index is 13.6. The number of rotatable bonds is 1. The van der Waals surface area contributed by atoms with E-state index in [1.54, 1.807) is 13.1 Å². The summed E-state index contributed by atoms with van der Waals surface area (Å²) in [5, 5.41) is 12.6. The number of nitrogens with two attached hydrogens (primary N) is 1. The van der Waals surface area contributed by atoms with Crippen LogP contribution in [-0.2, 0) is 0 Å². The van der Waals surface area contributed by atoms with Gasteiger partial charge >= 0.3 is 0 Å². The van der Waals surface area contributed by atoms with E-state index in [0.717, 1.165) is 5.56 Å². The first-order chi connectivity index (χ1) is 7.61. The average molecular weight is 216 g/mol. The van der Waals surface area contributed by atoms with E-state index in [-0.39, 0.29) is 11.3 Å². The van der Waals surface area contributed by atoms with Crippen LogP contribution in [0, 0.1) is 24.1 Å². The number of benzene rings is 1. The molecule has 0 aliphatic heterocycles. The molecule has 0 aliphatic rings. The van der Waals surface area contributed by atoms with E-state index in [1.165, 1.54) is 22.9 Å². The average Bonchev–Trinajstić information content (AvgIpc) is 2.58. The van der Waals surface area contributed by atoms with Gasteiger partial charge in [0.05, 0.1) is 11.6 Å². The third kappa shape index (κ3) is 1.61. The van der Waals surface area contributed by atoms with Gasteiger partial charge in [-0.2, -0.15) is 10.4 Å². The third-order valence-electron chi connectivity index (χ3n) is 2.26. The fraction of sp³-hybridized carbons (Fsp3) is 0.0909. The maximum absolute atomic E-state index is 13.6. The molecule has 0 saturated heterocycles. The van der Waals surface area contributed by atoms with Gasteiger partial charge in [-0.05, 0) is 25.1 Å². The topological polar surface area (TPSA) is 67.6 Å². The molecule has 2 rings (SSSR count). The van der Waals surface area contributed by atoms with Crippen molar-refractivity contribution in [2.24, 2.45) is 0 Å². The van der Waals surface area contributed by atoms with E-state index >= 15 is 0 Å². The van der Waals surface area contributed by atoms with Crippen molar-refractivity contribution >= 4 is 5.82 Å². The van der Waals surface area contributed by atoms with Crippen molar-refractivity contribution in [1.29, 1.82) is 5.26 Å². The lowest BCUT2D eigenvalue weighted by molar-refractivity contribution is 0.610. The summed E-state index contributed by atoms with van der Waals surface area (Å²) in [7, 11) is 0. The zero-order valence-corrected chi connectivity index (χ0v) is 8.61. The number of hydrogen-bond acceptors (Lipinski definition) is 3. The van der Waals surface area contributed by atoms with Crippen LogP contribution in [-0.4, -0.2) is 9.78 Å². The lowest BCUT2D eigenvalue weighted by Gasteiger charge is -2.02. The summed E-state index contributed by atoms with van der Waals surface area (Å²) in [6, 6.07) is 6.07. The fourth-order valence-corrected chi connectivity index (χ4v) is 1.36. The Morgan fingerprint density at radius 1 is 1.50 bits per heavy atom. The molecule has 0 bridgehead atoms. The predicted molar refractivity (Wildman–Crippen MR) is 57.4 cm³/mol. The van der Waals surface area contributed by atoms with E-state index in [2.05, 4.69) is 5.10 Å². The van der Waals surface area contributed by atoms with Gasteiger partial charge in [0.15, 0.2) is 0 Å². The van der Waals surface area contributed by atoms with Crippen molar-refractivity contribution in [1.82, 2.24) is 9.78 Å². The lowest BCUT2D eigenvalue weighted by Crippen LogP contribution is -1.99. The van der Waals surface area contributed by atoms with Gasteiger partial charge in [0.1, 0.15) is 17.3 Å². The number of aryl methyl sites for hydroxylation is 1. The minimum atomic E-state index is -0.499. The van der Waals surface area contributed by atoms with E-state index < -0.39 is 5.82 Å². The first-order valence-electron chi connectivity index (χ1n) is 4.63. The Labute approximate surface area is 91.7 Å². The van der Waals surface area contributed by atoms with Crippen LogP contribution in [0.1, 0.15) is 11.1 Å². The van der Waals surface area contributed by atoms with Crippen molar-refractivity contribution in [3.05, 3.63) is 41.3 Å². The normalized spacial score (nSPS) is 10.1. The summed E-state index contributed by atoms with van der Waals surface area (Å²) in [6.45, 7) is 1.79. The van der Waals surface area contributed by atoms with Crippen LogP contribution in [0.15, 0.2) is 24.4 Å². The summed E-state index contributed by atoms with van der Waals surface area (Å²) in [5.41, 5.74) is 6.91. The van der Waals surface area contributed by atoms with Gasteiger partial charge in [-0.3, -0.25) is 0 Å². The molecule has 2 aromatic rings. The second-order valence-electron chi connectivity index (χ2n) is 3.42. The summed E-state index contributed by atoms with van der Waals surface area (Å²) in [5.74, 6) is -0.134. The van der Waals surface area contributed by atoms with Crippen molar-refractivity contribution in [3.8, 4) is 11.8 Å². The van der Waals surface area contributed by atoms with E-state index in [4.69, 9.17) is 11.0 Å². The molecule has 80 valence electrons. The second kappa shape index (κ2) is 3.66. The Hall–Kier alpha value is -2.35. The number of nitrogens with zero attached hydrogens (tertiary/aromatic N) is 3. The largest absolute Gasteiger partial charge is 0.382 e. The van der Waals surface area contributed by atoms with Gasteiger partial charge < -0.3 is 5.73 Å². The quantitative estimate of drug-likeness (QED) is 0.789.